The maximum absolute atomic E-state index is 3.80. The van der Waals surface area contributed by atoms with Gasteiger partial charge in [0.1, 0.15) is 0 Å². The number of nitrogens with zero attached hydrogens (tertiary/aromatic N) is 1. The third-order valence-corrected chi connectivity index (χ3v) is 5.03. The van der Waals surface area contributed by atoms with Crippen LogP contribution in [0.1, 0.15) is 59.3 Å². The van der Waals surface area contributed by atoms with Crippen LogP contribution in [0.15, 0.2) is 0 Å². The summed E-state index contributed by atoms with van der Waals surface area (Å²) >= 11 is 0. The molecule has 1 saturated carbocycles. The second kappa shape index (κ2) is 5.71. The Balaban J connectivity index is 1.88. The highest BCUT2D eigenvalue weighted by Crippen LogP contribution is 2.33. The summed E-state index contributed by atoms with van der Waals surface area (Å²) in [7, 11) is 0. The van der Waals surface area contributed by atoms with Crippen LogP contribution in [0, 0.1) is 5.92 Å². The van der Waals surface area contributed by atoms with Crippen LogP contribution in [0.4, 0.5) is 0 Å². The molecule has 0 amide bonds. The third-order valence-electron chi connectivity index (χ3n) is 5.03. The van der Waals surface area contributed by atoms with Gasteiger partial charge in [0.05, 0.1) is 0 Å². The van der Waals surface area contributed by atoms with Gasteiger partial charge in [-0.05, 0) is 32.1 Å². The molecule has 2 rings (SSSR count). The highest BCUT2D eigenvalue weighted by molar-refractivity contribution is 4.99. The molecule has 0 aromatic rings. The largest absolute Gasteiger partial charge is 0.309 e. The average molecular weight is 238 g/mol. The number of nitrogens with one attached hydrogen (secondary N) is 1. The summed E-state index contributed by atoms with van der Waals surface area (Å²) in [5, 5.41) is 3.80. The van der Waals surface area contributed by atoms with E-state index in [2.05, 4.69) is 31.0 Å². The molecule has 1 N–H and O–H groups in total. The minimum atomic E-state index is 0.488. The van der Waals surface area contributed by atoms with Crippen LogP contribution in [-0.4, -0.2) is 36.1 Å². The molecule has 0 bridgehead atoms. The zero-order valence-corrected chi connectivity index (χ0v) is 12.0. The van der Waals surface area contributed by atoms with Gasteiger partial charge in [-0.25, -0.2) is 0 Å². The van der Waals surface area contributed by atoms with Crippen LogP contribution in [0.3, 0.4) is 0 Å². The molecule has 0 radical (unpaired) electrons. The van der Waals surface area contributed by atoms with E-state index in [-0.39, 0.29) is 0 Å². The van der Waals surface area contributed by atoms with Crippen molar-refractivity contribution >= 4 is 0 Å². The summed E-state index contributed by atoms with van der Waals surface area (Å²) in [6, 6.07) is 0.768. The second-order valence-electron chi connectivity index (χ2n) is 6.48. The van der Waals surface area contributed by atoms with Crippen LogP contribution >= 0.6 is 0 Å². The number of rotatable bonds is 4. The van der Waals surface area contributed by atoms with Crippen LogP contribution in [0.2, 0.25) is 0 Å². The molecule has 0 aromatic carbocycles. The van der Waals surface area contributed by atoms with Gasteiger partial charge in [0, 0.05) is 31.2 Å². The van der Waals surface area contributed by atoms with Crippen molar-refractivity contribution in [2.24, 2.45) is 5.92 Å². The fourth-order valence-electron chi connectivity index (χ4n) is 3.65. The van der Waals surface area contributed by atoms with Crippen molar-refractivity contribution in [3.63, 3.8) is 0 Å². The van der Waals surface area contributed by atoms with Crippen molar-refractivity contribution in [1.82, 2.24) is 10.2 Å². The molecule has 17 heavy (non-hydrogen) atoms. The van der Waals surface area contributed by atoms with Crippen molar-refractivity contribution in [1.29, 1.82) is 0 Å². The first-order chi connectivity index (χ1) is 8.15. The molecule has 0 aromatic heterocycles. The topological polar surface area (TPSA) is 15.3 Å². The lowest BCUT2D eigenvalue weighted by molar-refractivity contribution is 0.0898. The van der Waals surface area contributed by atoms with Gasteiger partial charge in [-0.2, -0.15) is 0 Å². The van der Waals surface area contributed by atoms with Crippen molar-refractivity contribution in [3.05, 3.63) is 0 Å². The minimum absolute atomic E-state index is 0.488. The Morgan fingerprint density at radius 1 is 1.24 bits per heavy atom. The van der Waals surface area contributed by atoms with Crippen LogP contribution in [0.5, 0.6) is 0 Å². The van der Waals surface area contributed by atoms with Crippen LogP contribution in [-0.2, 0) is 0 Å². The van der Waals surface area contributed by atoms with Gasteiger partial charge >= 0.3 is 0 Å². The van der Waals surface area contributed by atoms with E-state index in [0.29, 0.717) is 5.54 Å². The Kier molecular flexibility index (Phi) is 4.48. The van der Waals surface area contributed by atoms with Crippen LogP contribution < -0.4 is 5.32 Å². The maximum atomic E-state index is 3.80. The van der Waals surface area contributed by atoms with Crippen molar-refractivity contribution in [2.45, 2.75) is 70.9 Å². The predicted octanol–water partition coefficient (Wildman–Crippen LogP) is 3.03. The summed E-state index contributed by atoms with van der Waals surface area (Å²) in [5.41, 5.74) is 0.488. The summed E-state index contributed by atoms with van der Waals surface area (Å²) in [6.07, 6.45) is 8.36. The summed E-state index contributed by atoms with van der Waals surface area (Å²) in [4.78, 5) is 2.74. The Morgan fingerprint density at radius 2 is 1.94 bits per heavy atom. The first kappa shape index (κ1) is 13.4. The molecule has 1 saturated heterocycles. The normalized spacial score (nSPS) is 28.4. The van der Waals surface area contributed by atoms with E-state index in [1.165, 1.54) is 58.2 Å². The van der Waals surface area contributed by atoms with Gasteiger partial charge < -0.3 is 5.32 Å². The van der Waals surface area contributed by atoms with E-state index in [0.717, 1.165) is 12.0 Å². The molecule has 1 heterocycles. The first-order valence-electron chi connectivity index (χ1n) is 7.64. The molecule has 2 heteroatoms. The zero-order chi connectivity index (χ0) is 12.3. The van der Waals surface area contributed by atoms with Gasteiger partial charge in [0.25, 0.3) is 0 Å². The molecule has 2 atom stereocenters. The Morgan fingerprint density at radius 3 is 2.59 bits per heavy atom. The second-order valence-corrected chi connectivity index (χ2v) is 6.48. The molecule has 1 spiro atoms. The molecule has 1 aliphatic heterocycles. The average Bonchev–Trinajstić information content (AvgIpc) is 2.77. The number of hydrogen-bond acceptors (Lipinski definition) is 2. The van der Waals surface area contributed by atoms with E-state index in [1.807, 2.05) is 0 Å². The number of piperazine rings is 1. The third kappa shape index (κ3) is 3.23. The molecule has 2 aliphatic rings. The van der Waals surface area contributed by atoms with Crippen molar-refractivity contribution < 1.29 is 0 Å². The summed E-state index contributed by atoms with van der Waals surface area (Å²) < 4.78 is 0. The van der Waals surface area contributed by atoms with E-state index in [9.17, 15) is 0 Å². The maximum Gasteiger partial charge on any atom is 0.0309 e. The summed E-state index contributed by atoms with van der Waals surface area (Å²) in [5.74, 6) is 0.874. The molecular formula is C15H30N2. The highest BCUT2D eigenvalue weighted by atomic mass is 15.2. The Labute approximate surface area is 107 Å². The highest BCUT2D eigenvalue weighted by Gasteiger charge is 2.38. The Hall–Kier alpha value is -0.0800. The van der Waals surface area contributed by atoms with Gasteiger partial charge in [0.2, 0.25) is 0 Å². The van der Waals surface area contributed by atoms with Gasteiger partial charge in [-0.3, -0.25) is 4.90 Å². The fraction of sp³-hybridized carbons (Fsp3) is 1.00. The van der Waals surface area contributed by atoms with Gasteiger partial charge in [-0.1, -0.05) is 33.1 Å². The molecule has 1 aliphatic carbocycles. The lowest BCUT2D eigenvalue weighted by Gasteiger charge is -2.44. The minimum Gasteiger partial charge on any atom is -0.309 e. The molecule has 100 valence electrons. The molecule has 2 fully saturated rings. The van der Waals surface area contributed by atoms with Gasteiger partial charge in [0.15, 0.2) is 0 Å². The van der Waals surface area contributed by atoms with Crippen molar-refractivity contribution in [3.8, 4) is 0 Å². The standard InChI is InChI=1S/C15H30N2/c1-4-13(2)11-14(3)17-10-9-16-15(12-17)7-5-6-8-15/h13-14,16H,4-12H2,1-3H3. The zero-order valence-electron chi connectivity index (χ0n) is 12.0. The lowest BCUT2D eigenvalue weighted by Crippen LogP contribution is -2.60. The quantitative estimate of drug-likeness (QED) is 0.810. The SMILES string of the molecule is CCC(C)CC(C)N1CCNC2(CCCC2)C1. The Bertz CT molecular complexity index is 233. The monoisotopic (exact) mass is 238 g/mol. The van der Waals surface area contributed by atoms with E-state index >= 15 is 0 Å². The first-order valence-corrected chi connectivity index (χ1v) is 7.64. The molecule has 2 unspecified atom stereocenters. The predicted molar refractivity (Wildman–Crippen MR) is 74.3 cm³/mol. The molecular weight excluding hydrogens is 208 g/mol. The lowest BCUT2D eigenvalue weighted by atomic mass is 9.92. The van der Waals surface area contributed by atoms with Gasteiger partial charge in [-0.15, -0.1) is 0 Å². The van der Waals surface area contributed by atoms with E-state index in [4.69, 9.17) is 0 Å². The van der Waals surface area contributed by atoms with E-state index in [1.54, 1.807) is 0 Å². The summed E-state index contributed by atoms with van der Waals surface area (Å²) in [6.45, 7) is 10.9. The van der Waals surface area contributed by atoms with Crippen LogP contribution in [0.25, 0.3) is 0 Å². The smallest absolute Gasteiger partial charge is 0.0309 e. The fourth-order valence-corrected chi connectivity index (χ4v) is 3.65. The molecule has 2 nitrogen and oxygen atoms in total. The van der Waals surface area contributed by atoms with Crippen molar-refractivity contribution in [2.75, 3.05) is 19.6 Å². The number of hydrogen-bond donors (Lipinski definition) is 1. The van der Waals surface area contributed by atoms with E-state index < -0.39 is 0 Å².